The van der Waals surface area contributed by atoms with E-state index in [0.29, 0.717) is 28.9 Å². The molecule has 0 heterocycles. The van der Waals surface area contributed by atoms with Crippen LogP contribution in [0.25, 0.3) is 0 Å². The van der Waals surface area contributed by atoms with Crippen molar-refractivity contribution in [3.63, 3.8) is 0 Å². The predicted octanol–water partition coefficient (Wildman–Crippen LogP) is 4.47. The Bertz CT molecular complexity index is 789. The van der Waals surface area contributed by atoms with Gasteiger partial charge in [-0.3, -0.25) is 4.79 Å². The third-order valence-electron chi connectivity index (χ3n) is 4.05. The van der Waals surface area contributed by atoms with Crippen LogP contribution in [-0.2, 0) is 17.9 Å². The van der Waals surface area contributed by atoms with Crippen LogP contribution in [0.5, 0.6) is 11.5 Å². The molecule has 2 aromatic rings. The second kappa shape index (κ2) is 11.3. The van der Waals surface area contributed by atoms with E-state index < -0.39 is 12.0 Å². The van der Waals surface area contributed by atoms with Crippen LogP contribution in [0.1, 0.15) is 17.5 Å². The van der Waals surface area contributed by atoms with Crippen molar-refractivity contribution in [3.05, 3.63) is 57.8 Å². The van der Waals surface area contributed by atoms with Crippen LogP contribution in [0.2, 0.25) is 0 Å². The summed E-state index contributed by atoms with van der Waals surface area (Å²) in [4.78, 5) is 11.4. The Morgan fingerprint density at radius 3 is 2.61 bits per heavy atom. The van der Waals surface area contributed by atoms with Crippen LogP contribution in [-0.4, -0.2) is 36.2 Å². The van der Waals surface area contributed by atoms with Gasteiger partial charge in [0.2, 0.25) is 0 Å². The highest BCUT2D eigenvalue weighted by Crippen LogP contribution is 2.37. The van der Waals surface area contributed by atoms with Gasteiger partial charge >= 0.3 is 5.97 Å². The molecule has 0 aliphatic rings. The largest absolute Gasteiger partial charge is 0.493 e. The highest BCUT2D eigenvalue weighted by Gasteiger charge is 2.17. The highest BCUT2D eigenvalue weighted by molar-refractivity contribution is 9.10. The van der Waals surface area contributed by atoms with Crippen LogP contribution in [0, 0.1) is 5.82 Å². The zero-order chi connectivity index (χ0) is 20.5. The summed E-state index contributed by atoms with van der Waals surface area (Å²) in [6.45, 7) is 0.654. The molecule has 0 amide bonds. The lowest BCUT2D eigenvalue weighted by atomic mass is 10.1. The van der Waals surface area contributed by atoms with Gasteiger partial charge in [-0.25, -0.2) is 4.39 Å². The van der Waals surface area contributed by atoms with E-state index in [-0.39, 0.29) is 12.4 Å². The van der Waals surface area contributed by atoms with Crippen LogP contribution < -0.4 is 14.8 Å². The normalized spacial score (nSPS) is 11.9. The van der Waals surface area contributed by atoms with Gasteiger partial charge in [-0.05, 0) is 69.8 Å². The molecule has 0 saturated carbocycles. The first kappa shape index (κ1) is 22.5. The quantitative estimate of drug-likeness (QED) is 0.503. The number of aliphatic carboxylic acids is 1. The van der Waals surface area contributed by atoms with Gasteiger partial charge in [-0.15, -0.1) is 0 Å². The van der Waals surface area contributed by atoms with Crippen molar-refractivity contribution >= 4 is 33.7 Å². The van der Waals surface area contributed by atoms with Crippen LogP contribution in [0.4, 0.5) is 4.39 Å². The topological polar surface area (TPSA) is 67.8 Å². The van der Waals surface area contributed by atoms with Crippen molar-refractivity contribution in [3.8, 4) is 11.5 Å². The molecule has 1 atom stereocenters. The number of benzene rings is 2. The minimum absolute atomic E-state index is 0.266. The van der Waals surface area contributed by atoms with E-state index >= 15 is 0 Å². The van der Waals surface area contributed by atoms with E-state index in [1.54, 1.807) is 31.0 Å². The molecule has 0 spiro atoms. The van der Waals surface area contributed by atoms with E-state index in [2.05, 4.69) is 21.2 Å². The number of hydrogen-bond donors (Lipinski definition) is 2. The number of carboxylic acid groups (broad SMARTS) is 1. The summed E-state index contributed by atoms with van der Waals surface area (Å²) in [6.07, 6.45) is 2.50. The lowest BCUT2D eigenvalue weighted by molar-refractivity contribution is -0.139. The molecule has 0 bridgehead atoms. The maximum Gasteiger partial charge on any atom is 0.320 e. The molecule has 0 saturated heterocycles. The molecular formula is C20H23BrFNO4S. The molecule has 0 aromatic heterocycles. The van der Waals surface area contributed by atoms with Gasteiger partial charge in [0.25, 0.3) is 0 Å². The Morgan fingerprint density at radius 2 is 2.00 bits per heavy atom. The summed E-state index contributed by atoms with van der Waals surface area (Å²) in [5.74, 6) is 0.681. The number of rotatable bonds is 11. The van der Waals surface area contributed by atoms with E-state index in [9.17, 15) is 14.3 Å². The van der Waals surface area contributed by atoms with Crippen molar-refractivity contribution in [2.24, 2.45) is 0 Å². The molecule has 8 heteroatoms. The van der Waals surface area contributed by atoms with E-state index in [1.807, 2.05) is 18.4 Å². The summed E-state index contributed by atoms with van der Waals surface area (Å²) in [5.41, 5.74) is 1.70. The van der Waals surface area contributed by atoms with Gasteiger partial charge in [-0.1, -0.05) is 12.1 Å². The molecule has 2 rings (SSSR count). The fourth-order valence-corrected chi connectivity index (χ4v) is 3.62. The summed E-state index contributed by atoms with van der Waals surface area (Å²) in [5, 5.41) is 12.4. The standard InChI is InChI=1S/C20H23BrFNO4S/c1-26-18-10-14(11-23-17(20(24)25)7-8-28-2)9-16(21)19(18)27-12-13-3-5-15(22)6-4-13/h3-6,9-10,17,23H,7-8,11-12H2,1-2H3,(H,24,25). The molecule has 0 aliphatic carbocycles. The maximum absolute atomic E-state index is 13.0. The molecule has 2 N–H and O–H groups in total. The molecule has 2 aromatic carbocycles. The van der Waals surface area contributed by atoms with Crippen LogP contribution >= 0.6 is 27.7 Å². The fourth-order valence-electron chi connectivity index (χ4n) is 2.54. The second-order valence-corrected chi connectivity index (χ2v) is 7.92. The smallest absolute Gasteiger partial charge is 0.320 e. The zero-order valence-corrected chi connectivity index (χ0v) is 18.1. The fraction of sp³-hybridized carbons (Fsp3) is 0.350. The number of carbonyl (C=O) groups is 1. The van der Waals surface area contributed by atoms with E-state index in [1.165, 1.54) is 12.1 Å². The van der Waals surface area contributed by atoms with Gasteiger partial charge in [0, 0.05) is 6.54 Å². The maximum atomic E-state index is 13.0. The Kier molecular flexibility index (Phi) is 9.08. The third-order valence-corrected chi connectivity index (χ3v) is 5.28. The van der Waals surface area contributed by atoms with Gasteiger partial charge in [0.1, 0.15) is 18.5 Å². The number of nitrogens with one attached hydrogen (secondary N) is 1. The van der Waals surface area contributed by atoms with Crippen LogP contribution in [0.15, 0.2) is 40.9 Å². The molecule has 0 radical (unpaired) electrons. The molecule has 1 unspecified atom stereocenters. The molecule has 152 valence electrons. The Balaban J connectivity index is 2.07. The predicted molar refractivity (Wildman–Crippen MR) is 113 cm³/mol. The average Bonchev–Trinajstić information content (AvgIpc) is 2.67. The SMILES string of the molecule is COc1cc(CNC(CCSC)C(=O)O)cc(Br)c1OCc1ccc(F)cc1. The number of methoxy groups -OCH3 is 1. The number of ether oxygens (including phenoxy) is 2. The summed E-state index contributed by atoms with van der Waals surface area (Å²) in [7, 11) is 1.54. The van der Waals surface area contributed by atoms with Crippen molar-refractivity contribution in [2.45, 2.75) is 25.6 Å². The first-order chi connectivity index (χ1) is 13.4. The van der Waals surface area contributed by atoms with Crippen molar-refractivity contribution in [2.75, 3.05) is 19.1 Å². The first-order valence-corrected chi connectivity index (χ1v) is 10.8. The Morgan fingerprint density at radius 1 is 1.29 bits per heavy atom. The van der Waals surface area contributed by atoms with E-state index in [0.717, 1.165) is 16.9 Å². The number of carboxylic acids is 1. The molecule has 0 fully saturated rings. The summed E-state index contributed by atoms with van der Waals surface area (Å²) < 4.78 is 25.0. The number of halogens is 2. The lowest BCUT2D eigenvalue weighted by Gasteiger charge is -2.17. The van der Waals surface area contributed by atoms with Gasteiger partial charge < -0.3 is 19.9 Å². The monoisotopic (exact) mass is 471 g/mol. The lowest BCUT2D eigenvalue weighted by Crippen LogP contribution is -2.36. The van der Waals surface area contributed by atoms with Crippen molar-refractivity contribution in [1.82, 2.24) is 5.32 Å². The molecule has 28 heavy (non-hydrogen) atoms. The Labute approximate surface area is 176 Å². The van der Waals surface area contributed by atoms with Gasteiger partial charge in [0.05, 0.1) is 11.6 Å². The average molecular weight is 472 g/mol. The number of hydrogen-bond acceptors (Lipinski definition) is 5. The minimum atomic E-state index is -0.862. The molecular weight excluding hydrogens is 449 g/mol. The first-order valence-electron chi connectivity index (χ1n) is 8.63. The van der Waals surface area contributed by atoms with Crippen molar-refractivity contribution < 1.29 is 23.8 Å². The third kappa shape index (κ3) is 6.68. The Hall–Kier alpha value is -1.77. The number of thioether (sulfide) groups is 1. The van der Waals surface area contributed by atoms with Gasteiger partial charge in [0.15, 0.2) is 11.5 Å². The minimum Gasteiger partial charge on any atom is -0.493 e. The van der Waals surface area contributed by atoms with E-state index in [4.69, 9.17) is 9.47 Å². The second-order valence-electron chi connectivity index (χ2n) is 6.08. The van der Waals surface area contributed by atoms with Gasteiger partial charge in [-0.2, -0.15) is 11.8 Å². The highest BCUT2D eigenvalue weighted by atomic mass is 79.9. The van der Waals surface area contributed by atoms with Crippen molar-refractivity contribution in [1.29, 1.82) is 0 Å². The summed E-state index contributed by atoms with van der Waals surface area (Å²) >= 11 is 5.11. The zero-order valence-electron chi connectivity index (χ0n) is 15.7. The van der Waals surface area contributed by atoms with Crippen LogP contribution in [0.3, 0.4) is 0 Å². The molecule has 0 aliphatic heterocycles. The summed E-state index contributed by atoms with van der Waals surface area (Å²) in [6, 6.07) is 9.16. The molecule has 5 nitrogen and oxygen atoms in total.